The molecule has 1 aromatic heterocycles. The molecule has 0 fully saturated rings. The molecule has 0 amide bonds. The van der Waals surface area contributed by atoms with Crippen LogP contribution in [-0.4, -0.2) is 14.9 Å². The smallest absolute Gasteiger partial charge is 0.258 e. The van der Waals surface area contributed by atoms with Crippen LogP contribution in [0.5, 0.6) is 0 Å². The van der Waals surface area contributed by atoms with Gasteiger partial charge < -0.3 is 0 Å². The van der Waals surface area contributed by atoms with Crippen LogP contribution in [0.1, 0.15) is 22.6 Å². The molecule has 1 aromatic carbocycles. The molecule has 2 aromatic rings. The third kappa shape index (κ3) is 2.23. The van der Waals surface area contributed by atoms with Crippen molar-refractivity contribution >= 4 is 11.8 Å². The number of hydrogen-bond donors (Lipinski definition) is 0. The maximum absolute atomic E-state index is 11.3. The Balaban J connectivity index is 2.39. The summed E-state index contributed by atoms with van der Waals surface area (Å²) >= 11 is 0. The first-order valence-electron chi connectivity index (χ1n) is 6.55. The molecular formula is C16H13N3O2. The molecule has 0 saturated carbocycles. The van der Waals surface area contributed by atoms with Crippen LogP contribution in [0.25, 0.3) is 23.0 Å². The molecule has 5 heteroatoms. The molecule has 0 spiro atoms. The number of nitro groups is 1. The van der Waals surface area contributed by atoms with Gasteiger partial charge in [-0.2, -0.15) is 0 Å². The summed E-state index contributed by atoms with van der Waals surface area (Å²) in [6.45, 7) is 3.74. The van der Waals surface area contributed by atoms with E-state index in [4.69, 9.17) is 0 Å². The molecule has 21 heavy (non-hydrogen) atoms. The molecule has 3 rings (SSSR count). The van der Waals surface area contributed by atoms with Crippen molar-refractivity contribution in [3.8, 4) is 11.3 Å². The summed E-state index contributed by atoms with van der Waals surface area (Å²) < 4.78 is 0. The van der Waals surface area contributed by atoms with Gasteiger partial charge in [0.1, 0.15) is 5.82 Å². The van der Waals surface area contributed by atoms with Crippen molar-refractivity contribution in [3.63, 3.8) is 0 Å². The molecule has 0 bridgehead atoms. The largest absolute Gasteiger partial charge is 0.277 e. The maximum atomic E-state index is 11.3. The zero-order chi connectivity index (χ0) is 15.0. The molecule has 1 aliphatic rings. The second-order valence-corrected chi connectivity index (χ2v) is 4.83. The summed E-state index contributed by atoms with van der Waals surface area (Å²) in [5.41, 5.74) is 3.90. The van der Waals surface area contributed by atoms with Gasteiger partial charge in [-0.05, 0) is 19.9 Å². The monoisotopic (exact) mass is 279 g/mol. The standard InChI is InChI=1S/C16H13N3O2/c1-10-12-8-5-9-15(19(20)21)13-6-3-4-7-14(13)16(12)18-11(2)17-10/h3-9H,1-2H3/b8-5-,9-5?,12-8?,15-9+,15-13?,16-14?. The topological polar surface area (TPSA) is 68.9 Å². The zero-order valence-electron chi connectivity index (χ0n) is 11.7. The third-order valence-electron chi connectivity index (χ3n) is 3.42. The Bertz CT molecular complexity index is 807. The summed E-state index contributed by atoms with van der Waals surface area (Å²) in [6, 6.07) is 7.26. The molecule has 0 radical (unpaired) electrons. The van der Waals surface area contributed by atoms with E-state index in [2.05, 4.69) is 9.97 Å². The first-order chi connectivity index (χ1) is 10.1. The number of rotatable bonds is 1. The molecule has 5 nitrogen and oxygen atoms in total. The Morgan fingerprint density at radius 2 is 1.81 bits per heavy atom. The van der Waals surface area contributed by atoms with E-state index in [9.17, 15) is 10.1 Å². The van der Waals surface area contributed by atoms with Crippen molar-refractivity contribution in [1.82, 2.24) is 9.97 Å². The minimum atomic E-state index is -0.366. The van der Waals surface area contributed by atoms with E-state index < -0.39 is 0 Å². The van der Waals surface area contributed by atoms with Gasteiger partial charge in [0.2, 0.25) is 0 Å². The van der Waals surface area contributed by atoms with Crippen molar-refractivity contribution in [2.75, 3.05) is 0 Å². The molecule has 0 aliphatic heterocycles. The van der Waals surface area contributed by atoms with Gasteiger partial charge in [0.15, 0.2) is 0 Å². The lowest BCUT2D eigenvalue weighted by molar-refractivity contribution is -0.375. The molecule has 1 heterocycles. The lowest BCUT2D eigenvalue weighted by Gasteiger charge is -2.13. The van der Waals surface area contributed by atoms with Crippen molar-refractivity contribution in [2.24, 2.45) is 0 Å². The fourth-order valence-corrected chi connectivity index (χ4v) is 2.52. The molecule has 0 unspecified atom stereocenters. The Morgan fingerprint density at radius 3 is 2.52 bits per heavy atom. The molecule has 0 N–H and O–H groups in total. The molecule has 1 aliphatic carbocycles. The predicted octanol–water partition coefficient (Wildman–Crippen LogP) is 3.40. The van der Waals surface area contributed by atoms with Gasteiger partial charge >= 0.3 is 0 Å². The van der Waals surface area contributed by atoms with E-state index >= 15 is 0 Å². The quantitative estimate of drug-likeness (QED) is 0.592. The number of hydrogen-bond acceptors (Lipinski definition) is 4. The average molecular weight is 279 g/mol. The molecule has 0 saturated heterocycles. The van der Waals surface area contributed by atoms with Gasteiger partial charge in [0.05, 0.1) is 16.2 Å². The maximum Gasteiger partial charge on any atom is 0.277 e. The number of allylic oxidation sites excluding steroid dienone is 2. The first-order valence-corrected chi connectivity index (χ1v) is 6.55. The number of aryl methyl sites for hydroxylation is 2. The summed E-state index contributed by atoms with van der Waals surface area (Å²) in [5, 5.41) is 11.3. The van der Waals surface area contributed by atoms with Crippen molar-refractivity contribution < 1.29 is 4.92 Å². The Kier molecular flexibility index (Phi) is 3.10. The van der Waals surface area contributed by atoms with Crippen LogP contribution in [-0.2, 0) is 0 Å². The lowest BCUT2D eigenvalue weighted by Crippen LogP contribution is -2.05. The van der Waals surface area contributed by atoms with Gasteiger partial charge in [0.25, 0.3) is 5.70 Å². The normalized spacial score (nSPS) is 16.8. The predicted molar refractivity (Wildman–Crippen MR) is 80.9 cm³/mol. The highest BCUT2D eigenvalue weighted by atomic mass is 16.6. The van der Waals surface area contributed by atoms with Crippen molar-refractivity contribution in [3.05, 3.63) is 69.2 Å². The zero-order valence-corrected chi connectivity index (χ0v) is 11.7. The van der Waals surface area contributed by atoms with Crippen LogP contribution >= 0.6 is 0 Å². The van der Waals surface area contributed by atoms with Gasteiger partial charge in [-0.3, -0.25) is 10.1 Å². The van der Waals surface area contributed by atoms with Gasteiger partial charge in [-0.1, -0.05) is 30.4 Å². The summed E-state index contributed by atoms with van der Waals surface area (Å²) in [5.74, 6) is 0.654. The second-order valence-electron chi connectivity index (χ2n) is 4.83. The summed E-state index contributed by atoms with van der Waals surface area (Å²) in [4.78, 5) is 19.8. The number of aromatic nitrogens is 2. The fourth-order valence-electron chi connectivity index (χ4n) is 2.52. The van der Waals surface area contributed by atoms with Gasteiger partial charge in [-0.25, -0.2) is 9.97 Å². The highest BCUT2D eigenvalue weighted by molar-refractivity contribution is 5.84. The highest BCUT2D eigenvalue weighted by Gasteiger charge is 2.22. The van der Waals surface area contributed by atoms with Crippen LogP contribution < -0.4 is 0 Å². The summed E-state index contributed by atoms with van der Waals surface area (Å²) in [7, 11) is 0. The Labute approximate surface area is 121 Å². The Morgan fingerprint density at radius 1 is 1.10 bits per heavy atom. The van der Waals surface area contributed by atoms with E-state index in [0.29, 0.717) is 11.4 Å². The van der Waals surface area contributed by atoms with E-state index in [-0.39, 0.29) is 10.6 Å². The summed E-state index contributed by atoms with van der Waals surface area (Å²) in [6.07, 6.45) is 5.02. The van der Waals surface area contributed by atoms with Crippen LogP contribution in [0.2, 0.25) is 0 Å². The lowest BCUT2D eigenvalue weighted by atomic mass is 9.95. The van der Waals surface area contributed by atoms with Crippen LogP contribution in [0.4, 0.5) is 0 Å². The van der Waals surface area contributed by atoms with E-state index in [1.54, 1.807) is 18.2 Å². The van der Waals surface area contributed by atoms with Crippen molar-refractivity contribution in [1.29, 1.82) is 0 Å². The number of fused-ring (bicyclic) bond motifs is 3. The van der Waals surface area contributed by atoms with E-state index in [0.717, 1.165) is 22.5 Å². The SMILES string of the molecule is Cc1nc(C)c2c(n1)-c1ccccc1/C([N+](=O)[O-])=C\C=C/2. The number of benzene rings is 1. The highest BCUT2D eigenvalue weighted by Crippen LogP contribution is 2.33. The van der Waals surface area contributed by atoms with E-state index in [1.807, 2.05) is 32.1 Å². The second kappa shape index (κ2) is 4.94. The Hall–Kier alpha value is -2.82. The van der Waals surface area contributed by atoms with Crippen LogP contribution in [0, 0.1) is 24.0 Å². The van der Waals surface area contributed by atoms with Crippen molar-refractivity contribution in [2.45, 2.75) is 13.8 Å². The van der Waals surface area contributed by atoms with E-state index in [1.165, 1.54) is 6.08 Å². The molecule has 0 atom stereocenters. The molecule has 104 valence electrons. The minimum Gasteiger partial charge on any atom is -0.258 e. The van der Waals surface area contributed by atoms with Gasteiger partial charge in [0, 0.05) is 22.9 Å². The van der Waals surface area contributed by atoms with Gasteiger partial charge in [-0.15, -0.1) is 0 Å². The first kappa shape index (κ1) is 13.2. The number of nitrogens with zero attached hydrogens (tertiary/aromatic N) is 3. The average Bonchev–Trinajstić information content (AvgIpc) is 2.42. The van der Waals surface area contributed by atoms with Crippen LogP contribution in [0.15, 0.2) is 36.4 Å². The third-order valence-corrected chi connectivity index (χ3v) is 3.42. The molecular weight excluding hydrogens is 266 g/mol. The fraction of sp³-hybridized carbons (Fsp3) is 0.125. The minimum absolute atomic E-state index is 0.0708. The van der Waals surface area contributed by atoms with Crippen LogP contribution in [0.3, 0.4) is 0 Å².